The van der Waals surface area contributed by atoms with Crippen LogP contribution in [-0.2, 0) is 14.3 Å². The molecule has 0 amide bonds. The van der Waals surface area contributed by atoms with Crippen molar-refractivity contribution in [1.82, 2.24) is 0 Å². The molecule has 1 aliphatic heterocycles. The van der Waals surface area contributed by atoms with Crippen molar-refractivity contribution in [1.29, 1.82) is 0 Å². The van der Waals surface area contributed by atoms with Crippen molar-refractivity contribution in [3.63, 3.8) is 0 Å². The third-order valence-electron chi connectivity index (χ3n) is 3.24. The van der Waals surface area contributed by atoms with Gasteiger partial charge >= 0.3 is 5.97 Å². The average Bonchev–Trinajstić information content (AvgIpc) is 2.61. The van der Waals surface area contributed by atoms with Gasteiger partial charge in [-0.2, -0.15) is 0 Å². The van der Waals surface area contributed by atoms with Gasteiger partial charge in [-0.15, -0.1) is 0 Å². The molecular weight excluding hydrogens is 172 g/mol. The maximum Gasteiger partial charge on any atom is 0.312 e. The van der Waals surface area contributed by atoms with Gasteiger partial charge in [-0.3, -0.25) is 4.79 Å². The lowest BCUT2D eigenvalue weighted by Gasteiger charge is -2.26. The van der Waals surface area contributed by atoms with E-state index in [4.69, 9.17) is 14.6 Å². The molecule has 2 unspecified atom stereocenters. The molecule has 1 N–H and O–H groups in total. The van der Waals surface area contributed by atoms with Crippen molar-refractivity contribution >= 4 is 5.97 Å². The molecule has 1 heterocycles. The molecule has 74 valence electrons. The molecule has 1 aliphatic carbocycles. The van der Waals surface area contributed by atoms with Crippen LogP contribution in [0, 0.1) is 5.41 Å². The second kappa shape index (κ2) is 2.69. The van der Waals surface area contributed by atoms with Gasteiger partial charge in [0.25, 0.3) is 0 Å². The zero-order chi connectivity index (χ0) is 9.53. The first-order valence-electron chi connectivity index (χ1n) is 4.49. The Morgan fingerprint density at radius 1 is 1.62 bits per heavy atom. The van der Waals surface area contributed by atoms with Gasteiger partial charge in [-0.25, -0.2) is 0 Å². The van der Waals surface area contributed by atoms with Gasteiger partial charge in [-0.05, 0) is 19.3 Å². The van der Waals surface area contributed by atoms with Crippen molar-refractivity contribution in [3.05, 3.63) is 0 Å². The van der Waals surface area contributed by atoms with E-state index in [0.717, 1.165) is 12.8 Å². The quantitative estimate of drug-likeness (QED) is 0.703. The van der Waals surface area contributed by atoms with E-state index in [0.29, 0.717) is 19.6 Å². The Labute approximate surface area is 76.8 Å². The van der Waals surface area contributed by atoms with E-state index in [1.165, 1.54) is 0 Å². The van der Waals surface area contributed by atoms with E-state index in [2.05, 4.69) is 0 Å². The highest BCUT2D eigenvalue weighted by molar-refractivity contribution is 5.76. The number of fused-ring (bicyclic) bond motifs is 2. The van der Waals surface area contributed by atoms with Gasteiger partial charge in [0.2, 0.25) is 0 Å². The van der Waals surface area contributed by atoms with Gasteiger partial charge in [0.05, 0.1) is 24.2 Å². The lowest BCUT2D eigenvalue weighted by atomic mass is 9.88. The molecule has 0 aromatic carbocycles. The number of carbonyl (C=O) groups is 1. The van der Waals surface area contributed by atoms with Crippen LogP contribution < -0.4 is 0 Å². The average molecular weight is 186 g/mol. The molecule has 2 bridgehead atoms. The van der Waals surface area contributed by atoms with Crippen LogP contribution in [0.5, 0.6) is 0 Å². The van der Waals surface area contributed by atoms with Crippen molar-refractivity contribution in [2.45, 2.75) is 24.9 Å². The second-order valence-electron chi connectivity index (χ2n) is 4.17. The third kappa shape index (κ3) is 1.16. The Morgan fingerprint density at radius 2 is 2.38 bits per heavy atom. The zero-order valence-corrected chi connectivity index (χ0v) is 7.71. The highest BCUT2D eigenvalue weighted by atomic mass is 16.5. The SMILES string of the molecule is COCC12CCC(C(=O)O)(CO1)C2. The lowest BCUT2D eigenvalue weighted by molar-refractivity contribution is -0.151. The fourth-order valence-corrected chi connectivity index (χ4v) is 2.47. The zero-order valence-electron chi connectivity index (χ0n) is 7.71. The first kappa shape index (κ1) is 8.97. The van der Waals surface area contributed by atoms with E-state index in [1.807, 2.05) is 0 Å². The summed E-state index contributed by atoms with van der Waals surface area (Å²) in [6, 6.07) is 0. The molecule has 1 saturated carbocycles. The monoisotopic (exact) mass is 186 g/mol. The Bertz CT molecular complexity index is 228. The number of rotatable bonds is 3. The minimum atomic E-state index is -0.719. The Balaban J connectivity index is 2.14. The number of carboxylic acids is 1. The minimum Gasteiger partial charge on any atom is -0.481 e. The third-order valence-corrected chi connectivity index (χ3v) is 3.24. The summed E-state index contributed by atoms with van der Waals surface area (Å²) in [7, 11) is 1.62. The molecule has 1 saturated heterocycles. The van der Waals surface area contributed by atoms with E-state index >= 15 is 0 Å². The largest absolute Gasteiger partial charge is 0.481 e. The molecule has 4 nitrogen and oxygen atoms in total. The predicted molar refractivity (Wildman–Crippen MR) is 44.5 cm³/mol. The number of methoxy groups -OCH3 is 1. The van der Waals surface area contributed by atoms with E-state index in [1.54, 1.807) is 7.11 Å². The second-order valence-corrected chi connectivity index (χ2v) is 4.17. The summed E-state index contributed by atoms with van der Waals surface area (Å²) in [5.74, 6) is -0.719. The molecule has 2 atom stereocenters. The topological polar surface area (TPSA) is 55.8 Å². The molecule has 2 aliphatic rings. The summed E-state index contributed by atoms with van der Waals surface area (Å²) in [5, 5.41) is 9.05. The minimum absolute atomic E-state index is 0.298. The summed E-state index contributed by atoms with van der Waals surface area (Å²) in [4.78, 5) is 11.0. The summed E-state index contributed by atoms with van der Waals surface area (Å²) in [6.07, 6.45) is 2.15. The first-order valence-corrected chi connectivity index (χ1v) is 4.49. The van der Waals surface area contributed by atoms with Crippen LogP contribution in [0.15, 0.2) is 0 Å². The summed E-state index contributed by atoms with van der Waals surface area (Å²) < 4.78 is 10.6. The molecule has 0 radical (unpaired) electrons. The molecule has 2 rings (SSSR count). The van der Waals surface area contributed by atoms with Crippen LogP contribution in [0.4, 0.5) is 0 Å². The summed E-state index contributed by atoms with van der Waals surface area (Å²) in [6.45, 7) is 0.869. The van der Waals surface area contributed by atoms with Crippen molar-refractivity contribution < 1.29 is 19.4 Å². The highest BCUT2D eigenvalue weighted by Crippen LogP contribution is 2.53. The Hall–Kier alpha value is -0.610. The van der Waals surface area contributed by atoms with Gasteiger partial charge in [0, 0.05) is 7.11 Å². The highest BCUT2D eigenvalue weighted by Gasteiger charge is 2.59. The van der Waals surface area contributed by atoms with Gasteiger partial charge < -0.3 is 14.6 Å². The molecule has 0 aromatic heterocycles. The Morgan fingerprint density at radius 3 is 2.77 bits per heavy atom. The Kier molecular flexibility index (Phi) is 1.85. The van der Waals surface area contributed by atoms with Crippen molar-refractivity contribution in [2.75, 3.05) is 20.3 Å². The predicted octanol–water partition coefficient (Wildman–Crippen LogP) is 0.657. The first-order chi connectivity index (χ1) is 6.13. The number of hydrogen-bond donors (Lipinski definition) is 1. The molecular formula is C9H14O4. The lowest BCUT2D eigenvalue weighted by Crippen LogP contribution is -2.33. The fourth-order valence-electron chi connectivity index (χ4n) is 2.47. The van der Waals surface area contributed by atoms with Crippen molar-refractivity contribution in [3.8, 4) is 0 Å². The molecule has 0 spiro atoms. The molecule has 4 heteroatoms. The van der Waals surface area contributed by atoms with Crippen LogP contribution in [0.25, 0.3) is 0 Å². The van der Waals surface area contributed by atoms with Crippen LogP contribution in [0.1, 0.15) is 19.3 Å². The van der Waals surface area contributed by atoms with Gasteiger partial charge in [0.15, 0.2) is 0 Å². The fraction of sp³-hybridized carbons (Fsp3) is 0.889. The summed E-state index contributed by atoms with van der Waals surface area (Å²) >= 11 is 0. The molecule has 13 heavy (non-hydrogen) atoms. The van der Waals surface area contributed by atoms with Gasteiger partial charge in [0.1, 0.15) is 0 Å². The smallest absolute Gasteiger partial charge is 0.312 e. The van der Waals surface area contributed by atoms with Crippen LogP contribution in [-0.4, -0.2) is 37.0 Å². The van der Waals surface area contributed by atoms with Crippen LogP contribution >= 0.6 is 0 Å². The molecule has 2 fully saturated rings. The number of ether oxygens (including phenoxy) is 2. The van der Waals surface area contributed by atoms with E-state index in [-0.39, 0.29) is 5.60 Å². The summed E-state index contributed by atoms with van der Waals surface area (Å²) in [5.41, 5.74) is -0.911. The van der Waals surface area contributed by atoms with Crippen LogP contribution in [0.2, 0.25) is 0 Å². The standard InChI is InChI=1S/C9H14O4/c1-12-6-9-3-2-8(4-9,5-13-9)7(10)11/h2-6H2,1H3,(H,10,11). The number of aliphatic carboxylic acids is 1. The van der Waals surface area contributed by atoms with E-state index in [9.17, 15) is 4.79 Å². The molecule has 0 aromatic rings. The van der Waals surface area contributed by atoms with Gasteiger partial charge in [-0.1, -0.05) is 0 Å². The van der Waals surface area contributed by atoms with E-state index < -0.39 is 11.4 Å². The van der Waals surface area contributed by atoms with Crippen molar-refractivity contribution in [2.24, 2.45) is 5.41 Å². The number of carboxylic acid groups (broad SMARTS) is 1. The maximum atomic E-state index is 11.0. The maximum absolute atomic E-state index is 11.0. The van der Waals surface area contributed by atoms with Crippen LogP contribution in [0.3, 0.4) is 0 Å². The number of hydrogen-bond acceptors (Lipinski definition) is 3. The normalized spacial score (nSPS) is 42.5.